The lowest BCUT2D eigenvalue weighted by atomic mass is 9.92. The van der Waals surface area contributed by atoms with Crippen LogP contribution in [0.1, 0.15) is 45.6 Å². The fourth-order valence-corrected chi connectivity index (χ4v) is 2.55. The molecule has 1 N–H and O–H groups in total. The Balaban J connectivity index is 2.48. The number of halogens is 1. The Kier molecular flexibility index (Phi) is 8.40. The average Bonchev–Trinajstić information content (AvgIpc) is 2.38. The van der Waals surface area contributed by atoms with E-state index in [1.165, 1.54) is 35.7 Å². The molecule has 1 atom stereocenters. The first-order valence-corrected chi connectivity index (χ1v) is 8.36. The lowest BCUT2D eigenvalue weighted by Crippen LogP contribution is -2.25. The second kappa shape index (κ2) is 9.55. The second-order valence-electron chi connectivity index (χ2n) is 5.87. The highest BCUT2D eigenvalue weighted by molar-refractivity contribution is 9.10. The van der Waals surface area contributed by atoms with Crippen LogP contribution in [0.3, 0.4) is 0 Å². The smallest absolute Gasteiger partial charge is 0.0175 e. The predicted molar refractivity (Wildman–Crippen MR) is 88.6 cm³/mol. The summed E-state index contributed by atoms with van der Waals surface area (Å²) in [7, 11) is 0. The van der Waals surface area contributed by atoms with Crippen molar-refractivity contribution in [2.24, 2.45) is 11.8 Å². The molecule has 2 heteroatoms. The van der Waals surface area contributed by atoms with Gasteiger partial charge in [0.25, 0.3) is 0 Å². The zero-order valence-corrected chi connectivity index (χ0v) is 14.2. The van der Waals surface area contributed by atoms with Crippen molar-refractivity contribution in [3.8, 4) is 0 Å². The first kappa shape index (κ1) is 16.7. The highest BCUT2D eigenvalue weighted by Crippen LogP contribution is 2.18. The third-order valence-corrected chi connectivity index (χ3v) is 3.98. The van der Waals surface area contributed by atoms with E-state index in [-0.39, 0.29) is 0 Å². The van der Waals surface area contributed by atoms with Crippen molar-refractivity contribution in [3.63, 3.8) is 0 Å². The van der Waals surface area contributed by atoms with Gasteiger partial charge in [-0.1, -0.05) is 55.3 Å². The van der Waals surface area contributed by atoms with Crippen LogP contribution in [0.15, 0.2) is 28.7 Å². The van der Waals surface area contributed by atoms with Gasteiger partial charge in [-0.2, -0.15) is 0 Å². The molecular formula is C17H28BrN. The second-order valence-corrected chi connectivity index (χ2v) is 6.79. The van der Waals surface area contributed by atoms with E-state index in [0.717, 1.165) is 24.9 Å². The molecule has 1 aromatic carbocycles. The molecular weight excluding hydrogens is 298 g/mol. The van der Waals surface area contributed by atoms with Gasteiger partial charge in [0.05, 0.1) is 0 Å². The Morgan fingerprint density at radius 3 is 2.37 bits per heavy atom. The van der Waals surface area contributed by atoms with Crippen molar-refractivity contribution >= 4 is 15.9 Å². The zero-order valence-electron chi connectivity index (χ0n) is 12.6. The molecule has 1 nitrogen and oxygen atoms in total. The predicted octanol–water partition coefficient (Wildman–Crippen LogP) is 5.04. The summed E-state index contributed by atoms with van der Waals surface area (Å²) in [6, 6.07) is 8.78. The summed E-state index contributed by atoms with van der Waals surface area (Å²) < 4.78 is 1.17. The van der Waals surface area contributed by atoms with E-state index in [2.05, 4.69) is 66.3 Å². The standard InChI is InChI=1S/C17H28BrN/c1-4-11-19-13-16(6-5-14(2)3)12-15-7-9-17(18)10-8-15/h7-10,14,16,19H,4-6,11-13H2,1-3H3. The highest BCUT2D eigenvalue weighted by atomic mass is 79.9. The molecule has 19 heavy (non-hydrogen) atoms. The van der Waals surface area contributed by atoms with Crippen molar-refractivity contribution in [1.82, 2.24) is 5.32 Å². The lowest BCUT2D eigenvalue weighted by molar-refractivity contribution is 0.399. The minimum absolute atomic E-state index is 0.759. The van der Waals surface area contributed by atoms with Gasteiger partial charge in [0.1, 0.15) is 0 Å². The van der Waals surface area contributed by atoms with Gasteiger partial charge in [-0.3, -0.25) is 0 Å². The van der Waals surface area contributed by atoms with Gasteiger partial charge >= 0.3 is 0 Å². The van der Waals surface area contributed by atoms with Gasteiger partial charge in [0, 0.05) is 4.47 Å². The minimum atomic E-state index is 0.759. The maximum atomic E-state index is 3.58. The van der Waals surface area contributed by atoms with Crippen LogP contribution in [0.2, 0.25) is 0 Å². The van der Waals surface area contributed by atoms with Crippen LogP contribution in [0, 0.1) is 11.8 Å². The molecule has 0 saturated heterocycles. The lowest BCUT2D eigenvalue weighted by Gasteiger charge is -2.19. The molecule has 0 spiro atoms. The summed E-state index contributed by atoms with van der Waals surface area (Å²) in [6.45, 7) is 9.15. The molecule has 0 amide bonds. The Bertz CT molecular complexity index is 332. The van der Waals surface area contributed by atoms with Gasteiger partial charge in [-0.25, -0.2) is 0 Å². The van der Waals surface area contributed by atoms with E-state index in [9.17, 15) is 0 Å². The first-order chi connectivity index (χ1) is 9.11. The van der Waals surface area contributed by atoms with E-state index in [1.807, 2.05) is 0 Å². The van der Waals surface area contributed by atoms with Crippen molar-refractivity contribution in [2.75, 3.05) is 13.1 Å². The number of nitrogens with one attached hydrogen (secondary N) is 1. The molecule has 0 bridgehead atoms. The third-order valence-electron chi connectivity index (χ3n) is 3.45. The van der Waals surface area contributed by atoms with Gasteiger partial charge in [0.15, 0.2) is 0 Å². The van der Waals surface area contributed by atoms with Gasteiger partial charge in [-0.05, 0) is 61.9 Å². The van der Waals surface area contributed by atoms with Crippen molar-refractivity contribution < 1.29 is 0 Å². The Morgan fingerprint density at radius 2 is 1.79 bits per heavy atom. The molecule has 0 aliphatic carbocycles. The number of benzene rings is 1. The average molecular weight is 326 g/mol. The quantitative estimate of drug-likeness (QED) is 0.627. The summed E-state index contributed by atoms with van der Waals surface area (Å²) in [5.41, 5.74) is 1.45. The van der Waals surface area contributed by atoms with Crippen molar-refractivity contribution in [1.29, 1.82) is 0 Å². The Hall–Kier alpha value is -0.340. The largest absolute Gasteiger partial charge is 0.316 e. The summed E-state index contributed by atoms with van der Waals surface area (Å²) in [5.74, 6) is 1.56. The van der Waals surface area contributed by atoms with Crippen LogP contribution >= 0.6 is 15.9 Å². The van der Waals surface area contributed by atoms with Crippen LogP contribution in [0.4, 0.5) is 0 Å². The normalized spacial score (nSPS) is 12.9. The summed E-state index contributed by atoms with van der Waals surface area (Å²) >= 11 is 3.50. The van der Waals surface area contributed by atoms with Gasteiger partial charge in [0.2, 0.25) is 0 Å². The van der Waals surface area contributed by atoms with E-state index >= 15 is 0 Å². The molecule has 108 valence electrons. The van der Waals surface area contributed by atoms with Crippen LogP contribution in [0.25, 0.3) is 0 Å². The van der Waals surface area contributed by atoms with E-state index in [1.54, 1.807) is 0 Å². The Labute approximate surface area is 127 Å². The molecule has 0 aromatic heterocycles. The summed E-state index contributed by atoms with van der Waals surface area (Å²) in [6.07, 6.45) is 5.06. The van der Waals surface area contributed by atoms with E-state index in [4.69, 9.17) is 0 Å². The zero-order chi connectivity index (χ0) is 14.1. The topological polar surface area (TPSA) is 12.0 Å². The maximum Gasteiger partial charge on any atom is 0.0175 e. The SMILES string of the molecule is CCCNCC(CCC(C)C)Cc1ccc(Br)cc1. The summed E-state index contributed by atoms with van der Waals surface area (Å²) in [5, 5.41) is 3.58. The van der Waals surface area contributed by atoms with E-state index in [0.29, 0.717) is 0 Å². The number of hydrogen-bond acceptors (Lipinski definition) is 1. The molecule has 0 heterocycles. The molecule has 1 unspecified atom stereocenters. The van der Waals surface area contributed by atoms with Gasteiger partial charge in [-0.15, -0.1) is 0 Å². The fourth-order valence-electron chi connectivity index (χ4n) is 2.28. The molecule has 0 saturated carbocycles. The molecule has 0 aliphatic heterocycles. The maximum absolute atomic E-state index is 3.58. The monoisotopic (exact) mass is 325 g/mol. The number of rotatable bonds is 9. The Morgan fingerprint density at radius 1 is 1.11 bits per heavy atom. The van der Waals surface area contributed by atoms with Gasteiger partial charge < -0.3 is 5.32 Å². The van der Waals surface area contributed by atoms with Crippen LogP contribution in [-0.4, -0.2) is 13.1 Å². The van der Waals surface area contributed by atoms with Crippen LogP contribution < -0.4 is 5.32 Å². The molecule has 0 fully saturated rings. The van der Waals surface area contributed by atoms with Crippen LogP contribution in [0.5, 0.6) is 0 Å². The fraction of sp³-hybridized carbons (Fsp3) is 0.647. The highest BCUT2D eigenvalue weighted by Gasteiger charge is 2.10. The molecule has 0 radical (unpaired) electrons. The third kappa shape index (κ3) is 7.74. The first-order valence-electron chi connectivity index (χ1n) is 7.57. The molecule has 1 aromatic rings. The van der Waals surface area contributed by atoms with Crippen LogP contribution in [-0.2, 0) is 6.42 Å². The molecule has 0 aliphatic rings. The van der Waals surface area contributed by atoms with Crippen molar-refractivity contribution in [3.05, 3.63) is 34.3 Å². The minimum Gasteiger partial charge on any atom is -0.316 e. The number of hydrogen-bond donors (Lipinski definition) is 1. The van der Waals surface area contributed by atoms with E-state index < -0.39 is 0 Å². The van der Waals surface area contributed by atoms with Crippen molar-refractivity contribution in [2.45, 2.75) is 46.5 Å². The molecule has 1 rings (SSSR count). The summed E-state index contributed by atoms with van der Waals surface area (Å²) in [4.78, 5) is 0.